The van der Waals surface area contributed by atoms with Crippen molar-refractivity contribution >= 4 is 17.3 Å². The molecule has 1 saturated heterocycles. The molecule has 2 atom stereocenters. The van der Waals surface area contributed by atoms with Crippen LogP contribution < -0.4 is 5.32 Å². The molecule has 1 fully saturated rings. The van der Waals surface area contributed by atoms with Crippen molar-refractivity contribution in [3.8, 4) is 5.69 Å². The maximum Gasteiger partial charge on any atom is 0.418 e. The van der Waals surface area contributed by atoms with E-state index in [4.69, 9.17) is 12.2 Å². The second kappa shape index (κ2) is 8.58. The number of thiocarbonyl (C=S) groups is 1. The average molecular weight is 459 g/mol. The molecule has 4 rings (SSSR count). The molecular formula is C24H25F3N4S. The molecular weight excluding hydrogens is 433 g/mol. The molecule has 1 aromatic carbocycles. The van der Waals surface area contributed by atoms with Crippen LogP contribution in [0.15, 0.2) is 54.7 Å². The zero-order valence-electron chi connectivity index (χ0n) is 18.1. The molecule has 3 aromatic rings. The van der Waals surface area contributed by atoms with Crippen molar-refractivity contribution in [3.63, 3.8) is 0 Å². The predicted octanol–water partition coefficient (Wildman–Crippen LogP) is 5.89. The van der Waals surface area contributed by atoms with Crippen molar-refractivity contribution < 1.29 is 13.2 Å². The van der Waals surface area contributed by atoms with Gasteiger partial charge in [-0.2, -0.15) is 13.2 Å². The van der Waals surface area contributed by atoms with Crippen LogP contribution in [0.5, 0.6) is 0 Å². The van der Waals surface area contributed by atoms with Crippen molar-refractivity contribution in [2.45, 2.75) is 45.5 Å². The number of alkyl halides is 3. The first-order chi connectivity index (χ1) is 15.2. The molecule has 4 nitrogen and oxygen atoms in total. The summed E-state index contributed by atoms with van der Waals surface area (Å²) in [4.78, 5) is 6.65. The van der Waals surface area contributed by atoms with Gasteiger partial charge in [-0.15, -0.1) is 0 Å². The van der Waals surface area contributed by atoms with E-state index in [0.29, 0.717) is 5.11 Å². The molecule has 0 amide bonds. The minimum absolute atomic E-state index is 0.131. The molecule has 32 heavy (non-hydrogen) atoms. The van der Waals surface area contributed by atoms with Crippen LogP contribution in [-0.4, -0.2) is 26.1 Å². The van der Waals surface area contributed by atoms with Gasteiger partial charge in [-0.1, -0.05) is 25.1 Å². The molecule has 168 valence electrons. The summed E-state index contributed by atoms with van der Waals surface area (Å²) in [6, 6.07) is 13.0. The van der Waals surface area contributed by atoms with Crippen LogP contribution in [0.1, 0.15) is 53.6 Å². The minimum atomic E-state index is -4.44. The fourth-order valence-electron chi connectivity index (χ4n) is 4.59. The molecule has 0 saturated carbocycles. The van der Waals surface area contributed by atoms with E-state index in [-0.39, 0.29) is 17.8 Å². The number of hydrogen-bond acceptors (Lipinski definition) is 2. The first-order valence-corrected chi connectivity index (χ1v) is 11.0. The highest BCUT2D eigenvalue weighted by Crippen LogP contribution is 2.42. The van der Waals surface area contributed by atoms with Crippen molar-refractivity contribution in [1.82, 2.24) is 19.8 Å². The van der Waals surface area contributed by atoms with E-state index in [1.165, 1.54) is 12.1 Å². The Morgan fingerprint density at radius 1 is 1.09 bits per heavy atom. The molecule has 0 bridgehead atoms. The van der Waals surface area contributed by atoms with E-state index in [1.54, 1.807) is 16.8 Å². The van der Waals surface area contributed by atoms with Gasteiger partial charge in [-0.25, -0.2) is 0 Å². The quantitative estimate of drug-likeness (QED) is 0.484. The van der Waals surface area contributed by atoms with Crippen molar-refractivity contribution in [3.05, 3.63) is 82.9 Å². The summed E-state index contributed by atoms with van der Waals surface area (Å²) in [7, 11) is 0. The van der Waals surface area contributed by atoms with Crippen LogP contribution >= 0.6 is 12.2 Å². The third kappa shape index (κ3) is 3.88. The molecule has 2 aromatic heterocycles. The summed E-state index contributed by atoms with van der Waals surface area (Å²) in [5.41, 5.74) is 2.77. The van der Waals surface area contributed by atoms with Crippen LogP contribution in [0.2, 0.25) is 0 Å². The number of aromatic nitrogens is 2. The van der Waals surface area contributed by atoms with Crippen molar-refractivity contribution in [1.29, 1.82) is 0 Å². The Kier molecular flexibility index (Phi) is 5.99. The van der Waals surface area contributed by atoms with Gasteiger partial charge in [0, 0.05) is 24.1 Å². The predicted molar refractivity (Wildman–Crippen MR) is 123 cm³/mol. The lowest BCUT2D eigenvalue weighted by atomic mass is 9.96. The summed E-state index contributed by atoms with van der Waals surface area (Å²) in [6.07, 6.45) is -1.81. The summed E-state index contributed by atoms with van der Waals surface area (Å²) in [5.74, 6) is 0. The van der Waals surface area contributed by atoms with Gasteiger partial charge in [-0.05, 0) is 68.4 Å². The number of para-hydroxylation sites is 1. The third-order valence-electron chi connectivity index (χ3n) is 5.90. The first-order valence-electron chi connectivity index (χ1n) is 10.6. The molecule has 0 unspecified atom stereocenters. The number of aryl methyl sites for hydroxylation is 1. The molecule has 0 aliphatic carbocycles. The highest BCUT2D eigenvalue weighted by molar-refractivity contribution is 7.80. The van der Waals surface area contributed by atoms with Gasteiger partial charge in [0.05, 0.1) is 29.0 Å². The maximum absolute atomic E-state index is 13.7. The van der Waals surface area contributed by atoms with Gasteiger partial charge in [-0.3, -0.25) is 4.98 Å². The summed E-state index contributed by atoms with van der Waals surface area (Å²) < 4.78 is 42.9. The zero-order chi connectivity index (χ0) is 23.0. The molecule has 0 radical (unpaired) electrons. The Bertz CT molecular complexity index is 1120. The largest absolute Gasteiger partial charge is 0.418 e. The summed E-state index contributed by atoms with van der Waals surface area (Å²) in [6.45, 7) is 6.53. The Morgan fingerprint density at radius 2 is 1.81 bits per heavy atom. The van der Waals surface area contributed by atoms with Crippen LogP contribution in [0.3, 0.4) is 0 Å². The first kappa shape index (κ1) is 22.3. The number of rotatable bonds is 5. The smallest absolute Gasteiger partial charge is 0.352 e. The Hall–Kier alpha value is -2.87. The van der Waals surface area contributed by atoms with E-state index >= 15 is 0 Å². The Balaban J connectivity index is 1.87. The lowest BCUT2D eigenvalue weighted by Gasteiger charge is -2.28. The van der Waals surface area contributed by atoms with Crippen molar-refractivity contribution in [2.24, 2.45) is 0 Å². The summed E-state index contributed by atoms with van der Waals surface area (Å²) >= 11 is 5.64. The van der Waals surface area contributed by atoms with Gasteiger partial charge < -0.3 is 14.8 Å². The normalized spacial score (nSPS) is 18.8. The number of benzene rings is 1. The molecule has 1 aliphatic heterocycles. The number of halogens is 3. The van der Waals surface area contributed by atoms with Crippen LogP contribution in [0.25, 0.3) is 5.69 Å². The molecule has 1 aliphatic rings. The average Bonchev–Trinajstić information content (AvgIpc) is 3.24. The second-order valence-electron chi connectivity index (χ2n) is 8.00. The van der Waals surface area contributed by atoms with E-state index in [1.807, 2.05) is 38.1 Å². The highest BCUT2D eigenvalue weighted by atomic mass is 32.1. The Morgan fingerprint density at radius 3 is 2.47 bits per heavy atom. The maximum atomic E-state index is 13.7. The van der Waals surface area contributed by atoms with Gasteiger partial charge in [0.25, 0.3) is 0 Å². The fourth-order valence-corrected chi connectivity index (χ4v) is 4.92. The minimum Gasteiger partial charge on any atom is -0.352 e. The molecule has 3 heterocycles. The molecule has 0 spiro atoms. The van der Waals surface area contributed by atoms with E-state index in [9.17, 15) is 13.2 Å². The topological polar surface area (TPSA) is 33.1 Å². The SMILES string of the molecule is CCCN1C(=S)N[C@H](c2ccccn2)[C@@H]1c1cc(C)n(-c2ccccc2C(F)(F)F)c1C. The lowest BCUT2D eigenvalue weighted by Crippen LogP contribution is -2.30. The second-order valence-corrected chi connectivity index (χ2v) is 8.38. The van der Waals surface area contributed by atoms with Crippen LogP contribution in [0.4, 0.5) is 13.2 Å². The van der Waals surface area contributed by atoms with Crippen LogP contribution in [-0.2, 0) is 6.18 Å². The van der Waals surface area contributed by atoms with Crippen molar-refractivity contribution in [2.75, 3.05) is 6.54 Å². The van der Waals surface area contributed by atoms with E-state index in [2.05, 4.69) is 22.1 Å². The van der Waals surface area contributed by atoms with Gasteiger partial charge in [0.15, 0.2) is 5.11 Å². The number of nitrogens with zero attached hydrogens (tertiary/aromatic N) is 3. The van der Waals surface area contributed by atoms with Gasteiger partial charge >= 0.3 is 6.18 Å². The molecule has 8 heteroatoms. The summed E-state index contributed by atoms with van der Waals surface area (Å²) in [5, 5.41) is 4.02. The fraction of sp³-hybridized carbons (Fsp3) is 0.333. The zero-order valence-corrected chi connectivity index (χ0v) is 19.0. The third-order valence-corrected chi connectivity index (χ3v) is 6.25. The van der Waals surface area contributed by atoms with Crippen LogP contribution in [0, 0.1) is 13.8 Å². The molecule has 1 N–H and O–H groups in total. The Labute approximate surface area is 191 Å². The standard InChI is InChI=1S/C24H25F3N4S/c1-4-13-30-22(21(29-23(30)32)19-10-7-8-12-28-19)17-14-15(2)31(16(17)3)20-11-6-5-9-18(20)24(25,26)27/h5-12,14,21-22H,4,13H2,1-3H3,(H,29,32)/t21-,22+/m1/s1. The van der Waals surface area contributed by atoms with E-state index < -0.39 is 11.7 Å². The monoisotopic (exact) mass is 458 g/mol. The highest BCUT2D eigenvalue weighted by Gasteiger charge is 2.41. The van der Waals surface area contributed by atoms with Gasteiger partial charge in [0.2, 0.25) is 0 Å². The number of hydrogen-bond donors (Lipinski definition) is 1. The lowest BCUT2D eigenvalue weighted by molar-refractivity contribution is -0.137. The number of pyridine rings is 1. The van der Waals surface area contributed by atoms with Gasteiger partial charge in [0.1, 0.15) is 0 Å². The number of nitrogens with one attached hydrogen (secondary N) is 1. The van der Waals surface area contributed by atoms with E-state index in [0.717, 1.165) is 41.7 Å².